The zero-order chi connectivity index (χ0) is 32.2. The highest BCUT2D eigenvalue weighted by Gasteiger charge is 2.30. The second-order valence-corrected chi connectivity index (χ2v) is 11.6. The van der Waals surface area contributed by atoms with Crippen LogP contribution in [0.1, 0.15) is 62.6 Å². The van der Waals surface area contributed by atoms with E-state index in [9.17, 15) is 19.2 Å². The predicted molar refractivity (Wildman–Crippen MR) is 172 cm³/mol. The first-order valence-corrected chi connectivity index (χ1v) is 16.1. The van der Waals surface area contributed by atoms with E-state index >= 15 is 0 Å². The van der Waals surface area contributed by atoms with Crippen molar-refractivity contribution in [3.8, 4) is 28.4 Å². The van der Waals surface area contributed by atoms with Gasteiger partial charge in [-0.2, -0.15) is 11.8 Å². The van der Waals surface area contributed by atoms with Crippen molar-refractivity contribution in [3.63, 3.8) is 0 Å². The highest BCUT2D eigenvalue weighted by Crippen LogP contribution is 2.50. The summed E-state index contributed by atoms with van der Waals surface area (Å²) in [4.78, 5) is 49.8. The summed E-state index contributed by atoms with van der Waals surface area (Å²) < 4.78 is 17.1. The Hall–Kier alpha value is -3.93. The van der Waals surface area contributed by atoms with Crippen molar-refractivity contribution in [2.24, 2.45) is 0 Å². The molecule has 0 saturated heterocycles. The van der Waals surface area contributed by atoms with Gasteiger partial charge in [-0.3, -0.25) is 19.2 Å². The number of carbonyl (C=O) groups excluding carboxylic acids is 2. The molecule has 0 fully saturated rings. The van der Waals surface area contributed by atoms with Crippen molar-refractivity contribution in [2.75, 3.05) is 45.2 Å². The highest BCUT2D eigenvalue weighted by atomic mass is 32.2. The number of hydrogen-bond donors (Lipinski definition) is 4. The third kappa shape index (κ3) is 8.81. The maximum Gasteiger partial charge on any atom is 0.303 e. The first kappa shape index (κ1) is 34.6. The molecule has 0 unspecified atom stereocenters. The van der Waals surface area contributed by atoms with Gasteiger partial charge in [0.15, 0.2) is 11.5 Å². The summed E-state index contributed by atoms with van der Waals surface area (Å²) >= 11 is 1.60. The minimum atomic E-state index is -0.832. The molecule has 2 aromatic carbocycles. The number of carboxylic acid groups (broad SMARTS) is 1. The lowest BCUT2D eigenvalue weighted by molar-refractivity contribution is -0.137. The molecule has 0 radical (unpaired) electrons. The molecule has 11 nitrogen and oxygen atoms in total. The number of aliphatic carboxylic acids is 1. The third-order valence-corrected chi connectivity index (χ3v) is 8.18. The number of nitrogens with one attached hydrogen (secondary N) is 3. The maximum atomic E-state index is 13.7. The van der Waals surface area contributed by atoms with Crippen LogP contribution in [0.5, 0.6) is 17.2 Å². The zero-order valence-electron chi connectivity index (χ0n) is 26.0. The normalized spacial score (nSPS) is 14.2. The number of benzene rings is 1. The van der Waals surface area contributed by atoms with Crippen molar-refractivity contribution in [2.45, 2.75) is 64.0 Å². The molecule has 4 N–H and O–H groups in total. The summed E-state index contributed by atoms with van der Waals surface area (Å²) in [6, 6.07) is 5.80. The van der Waals surface area contributed by atoms with Crippen LogP contribution in [0.15, 0.2) is 29.1 Å². The number of ether oxygens (including phenoxy) is 3. The van der Waals surface area contributed by atoms with Gasteiger partial charge >= 0.3 is 5.97 Å². The smallest absolute Gasteiger partial charge is 0.303 e. The lowest BCUT2D eigenvalue weighted by atomic mass is 9.95. The molecule has 12 heteroatoms. The lowest BCUT2D eigenvalue weighted by Gasteiger charge is -2.19. The molecular formula is C32H43N3O8S. The minimum absolute atomic E-state index is 0.104. The average molecular weight is 630 g/mol. The molecule has 1 aliphatic carbocycles. The Morgan fingerprint density at radius 1 is 1.05 bits per heavy atom. The number of unbranched alkanes of at least 4 members (excludes halogenated alkanes) is 2. The van der Waals surface area contributed by atoms with Crippen molar-refractivity contribution in [1.29, 1.82) is 0 Å². The fourth-order valence-electron chi connectivity index (χ4n) is 5.43. The van der Waals surface area contributed by atoms with Gasteiger partial charge in [0.2, 0.25) is 23.0 Å². The summed E-state index contributed by atoms with van der Waals surface area (Å²) in [5, 5.41) is 17.9. The summed E-state index contributed by atoms with van der Waals surface area (Å²) in [5.41, 5.74) is 2.93. The highest BCUT2D eigenvalue weighted by molar-refractivity contribution is 7.98. The van der Waals surface area contributed by atoms with E-state index in [1.54, 1.807) is 32.0 Å². The Bertz CT molecular complexity index is 1400. The van der Waals surface area contributed by atoms with E-state index in [1.807, 2.05) is 18.4 Å². The van der Waals surface area contributed by atoms with E-state index in [1.165, 1.54) is 20.1 Å². The molecule has 240 valence electrons. The van der Waals surface area contributed by atoms with Crippen LogP contribution in [-0.4, -0.2) is 68.8 Å². The van der Waals surface area contributed by atoms with E-state index in [4.69, 9.17) is 19.3 Å². The number of methoxy groups -OCH3 is 3. The summed E-state index contributed by atoms with van der Waals surface area (Å²) in [5.74, 6) is 0.805. The van der Waals surface area contributed by atoms with Gasteiger partial charge in [-0.25, -0.2) is 0 Å². The number of thioether (sulfide) groups is 1. The number of hydrogen-bond acceptors (Lipinski definition) is 9. The second-order valence-electron chi connectivity index (χ2n) is 10.6. The van der Waals surface area contributed by atoms with Crippen molar-refractivity contribution < 1.29 is 33.7 Å². The molecule has 2 atom stereocenters. The molecule has 0 aromatic heterocycles. The first-order chi connectivity index (χ1) is 21.1. The first-order valence-electron chi connectivity index (χ1n) is 14.7. The summed E-state index contributed by atoms with van der Waals surface area (Å²) in [7, 11) is 4.63. The Morgan fingerprint density at radius 2 is 1.80 bits per heavy atom. The van der Waals surface area contributed by atoms with Crippen LogP contribution in [0, 0.1) is 0 Å². The lowest BCUT2D eigenvalue weighted by Crippen LogP contribution is -2.41. The molecule has 44 heavy (non-hydrogen) atoms. The molecule has 0 aliphatic heterocycles. The summed E-state index contributed by atoms with van der Waals surface area (Å²) in [6.45, 7) is 1.86. The molecule has 3 rings (SSSR count). The van der Waals surface area contributed by atoms with Gasteiger partial charge in [0.1, 0.15) is 6.04 Å². The van der Waals surface area contributed by atoms with E-state index in [0.717, 1.165) is 11.1 Å². The monoisotopic (exact) mass is 629 g/mol. The molecule has 0 spiro atoms. The van der Waals surface area contributed by atoms with Gasteiger partial charge < -0.3 is 35.3 Å². The van der Waals surface area contributed by atoms with E-state index in [0.29, 0.717) is 79.2 Å². The van der Waals surface area contributed by atoms with Gasteiger partial charge in [-0.1, -0.05) is 12.5 Å². The molecule has 0 bridgehead atoms. The fraction of sp³-hybridized carbons (Fsp3) is 0.500. The van der Waals surface area contributed by atoms with E-state index in [2.05, 4.69) is 16.0 Å². The number of carboxylic acids is 1. The Morgan fingerprint density at radius 3 is 2.43 bits per heavy atom. The van der Waals surface area contributed by atoms with Gasteiger partial charge in [-0.15, -0.1) is 0 Å². The van der Waals surface area contributed by atoms with E-state index in [-0.39, 0.29) is 29.4 Å². The summed E-state index contributed by atoms with van der Waals surface area (Å²) in [6.07, 6.45) is 5.57. The molecular weight excluding hydrogens is 586 g/mol. The Labute approximate surface area is 262 Å². The topological polar surface area (TPSA) is 152 Å². The van der Waals surface area contributed by atoms with Crippen LogP contribution in [0.3, 0.4) is 0 Å². The van der Waals surface area contributed by atoms with Crippen molar-refractivity contribution >= 4 is 35.2 Å². The number of aryl methyl sites for hydroxylation is 1. The van der Waals surface area contributed by atoms with Crippen molar-refractivity contribution in [1.82, 2.24) is 10.6 Å². The SMILES string of the molecule is COc1cc2c(c(OC)c1OC)-c1ccc(N[C@@H](CCSC)C(=O)NCCCCCC(=O)O)c(=O)cc1[C@@H](NC(C)=O)CC2. The van der Waals surface area contributed by atoms with Crippen LogP contribution >= 0.6 is 11.8 Å². The number of rotatable bonds is 16. The average Bonchev–Trinajstić information content (AvgIpc) is 3.23. The molecule has 2 aromatic rings. The van der Waals surface area contributed by atoms with Gasteiger partial charge in [0.05, 0.1) is 33.1 Å². The van der Waals surface area contributed by atoms with Crippen LogP contribution in [-0.2, 0) is 20.8 Å². The number of anilines is 1. The molecule has 1 aliphatic rings. The Balaban J connectivity index is 2.03. The number of fused-ring (bicyclic) bond motifs is 3. The zero-order valence-corrected chi connectivity index (χ0v) is 26.9. The number of carbonyl (C=O) groups is 3. The van der Waals surface area contributed by atoms with Crippen LogP contribution in [0.4, 0.5) is 5.69 Å². The standard InChI is InChI=1S/C32H43N3O8S/c1-19(36)34-23-12-10-20-17-27(41-2)30(42-3)31(43-4)29(20)21-11-13-24(26(37)18-22(21)23)35-25(14-16-44-5)32(40)33-15-8-6-7-9-28(38)39/h11,13,17-18,23,25H,6-10,12,14-16H2,1-5H3,(H,33,40)(H,34,36)(H,35,37)(H,38,39)/t23-,25-/m0/s1. The largest absolute Gasteiger partial charge is 0.493 e. The Kier molecular flexibility index (Phi) is 13.2. The van der Waals surface area contributed by atoms with Gasteiger partial charge in [0, 0.05) is 25.5 Å². The van der Waals surface area contributed by atoms with Crippen molar-refractivity contribution in [3.05, 3.63) is 45.6 Å². The molecule has 0 heterocycles. The van der Waals surface area contributed by atoms with Crippen LogP contribution < -0.4 is 35.6 Å². The van der Waals surface area contributed by atoms with Gasteiger partial charge in [0.25, 0.3) is 0 Å². The van der Waals surface area contributed by atoms with Crippen LogP contribution in [0.2, 0.25) is 0 Å². The molecule has 2 amide bonds. The fourth-order valence-corrected chi connectivity index (χ4v) is 5.90. The minimum Gasteiger partial charge on any atom is -0.493 e. The second kappa shape index (κ2) is 16.8. The predicted octanol–water partition coefficient (Wildman–Crippen LogP) is 4.16. The molecule has 0 saturated carbocycles. The third-order valence-electron chi connectivity index (χ3n) is 7.54. The number of amides is 2. The van der Waals surface area contributed by atoms with Crippen LogP contribution in [0.25, 0.3) is 11.1 Å². The maximum absolute atomic E-state index is 13.7. The van der Waals surface area contributed by atoms with Gasteiger partial charge in [-0.05, 0) is 79.0 Å². The van der Waals surface area contributed by atoms with E-state index < -0.39 is 18.1 Å². The quantitative estimate of drug-likeness (QED) is 0.199.